The molecule has 21 heavy (non-hydrogen) atoms. The molecule has 0 radical (unpaired) electrons. The number of rotatable bonds is 3. The Morgan fingerprint density at radius 2 is 1.52 bits per heavy atom. The van der Waals surface area contributed by atoms with Crippen LogP contribution in [0.1, 0.15) is 43.8 Å². The first kappa shape index (κ1) is 13.5. The van der Waals surface area contributed by atoms with Gasteiger partial charge in [0.2, 0.25) is 0 Å². The average molecular weight is 280 g/mol. The molecule has 2 aromatic rings. The average Bonchev–Trinajstić information content (AvgIpc) is 2.51. The van der Waals surface area contributed by atoms with Gasteiger partial charge in [-0.15, -0.1) is 0 Å². The van der Waals surface area contributed by atoms with E-state index in [1.54, 1.807) is 30.3 Å². The molecule has 3 rings (SSSR count). The maximum absolute atomic E-state index is 12.6. The molecule has 0 aliphatic heterocycles. The van der Waals surface area contributed by atoms with Gasteiger partial charge >= 0.3 is 0 Å². The van der Waals surface area contributed by atoms with Gasteiger partial charge in [0, 0.05) is 22.4 Å². The second kappa shape index (κ2) is 5.14. The molecule has 0 saturated carbocycles. The van der Waals surface area contributed by atoms with E-state index in [9.17, 15) is 9.59 Å². The van der Waals surface area contributed by atoms with E-state index in [0.29, 0.717) is 40.9 Å². The van der Waals surface area contributed by atoms with E-state index in [-0.39, 0.29) is 11.6 Å². The van der Waals surface area contributed by atoms with Crippen molar-refractivity contribution in [3.63, 3.8) is 0 Å². The van der Waals surface area contributed by atoms with E-state index >= 15 is 0 Å². The van der Waals surface area contributed by atoms with Crippen LogP contribution in [0, 0.1) is 0 Å². The number of anilines is 1. The van der Waals surface area contributed by atoms with Gasteiger partial charge in [-0.3, -0.25) is 9.59 Å². The van der Waals surface area contributed by atoms with Crippen LogP contribution in [0.15, 0.2) is 36.4 Å². The van der Waals surface area contributed by atoms with Crippen LogP contribution in [-0.2, 0) is 6.42 Å². The fourth-order valence-electron chi connectivity index (χ4n) is 2.77. The molecule has 4 heteroatoms. The minimum Gasteiger partial charge on any atom is -0.398 e. The summed E-state index contributed by atoms with van der Waals surface area (Å²) in [5, 5.41) is 0. The van der Waals surface area contributed by atoms with Crippen molar-refractivity contribution in [1.82, 2.24) is 0 Å². The lowest BCUT2D eigenvalue weighted by Gasteiger charge is -2.20. The standard InChI is InChI=1S/C17H16N2O2/c18-9-3-4-10-7-8-13-14(15(10)19)17(21)12-6-2-1-5-11(12)16(13)20/h1-2,5-8H,3-4,9,18-19H2. The number of aryl methyl sites for hydroxylation is 1. The normalized spacial score (nSPS) is 13.0. The van der Waals surface area contributed by atoms with Gasteiger partial charge in [-0.1, -0.05) is 30.3 Å². The molecule has 0 unspecified atom stereocenters. The molecule has 0 atom stereocenters. The maximum atomic E-state index is 12.6. The number of hydrogen-bond donors (Lipinski definition) is 2. The molecule has 0 bridgehead atoms. The fraction of sp³-hybridized carbons (Fsp3) is 0.176. The molecule has 1 aliphatic carbocycles. The van der Waals surface area contributed by atoms with Gasteiger partial charge in [0.05, 0.1) is 5.56 Å². The molecule has 0 saturated heterocycles. The van der Waals surface area contributed by atoms with Crippen LogP contribution in [0.3, 0.4) is 0 Å². The van der Waals surface area contributed by atoms with Crippen LogP contribution in [-0.4, -0.2) is 18.1 Å². The largest absolute Gasteiger partial charge is 0.398 e. The Kier molecular flexibility index (Phi) is 3.31. The summed E-state index contributed by atoms with van der Waals surface area (Å²) in [6.45, 7) is 0.562. The van der Waals surface area contributed by atoms with Crippen molar-refractivity contribution >= 4 is 17.3 Å². The summed E-state index contributed by atoms with van der Waals surface area (Å²) in [5.41, 5.74) is 14.6. The second-order valence-electron chi connectivity index (χ2n) is 5.16. The second-order valence-corrected chi connectivity index (χ2v) is 5.16. The van der Waals surface area contributed by atoms with E-state index in [0.717, 1.165) is 12.0 Å². The van der Waals surface area contributed by atoms with Crippen LogP contribution in [0.2, 0.25) is 0 Å². The van der Waals surface area contributed by atoms with Crippen molar-refractivity contribution in [3.8, 4) is 0 Å². The van der Waals surface area contributed by atoms with E-state index < -0.39 is 0 Å². The highest BCUT2D eigenvalue weighted by Crippen LogP contribution is 2.32. The third-order valence-corrected chi connectivity index (χ3v) is 3.87. The van der Waals surface area contributed by atoms with Gasteiger partial charge in [0.15, 0.2) is 11.6 Å². The maximum Gasteiger partial charge on any atom is 0.196 e. The Bertz CT molecular complexity index is 750. The minimum atomic E-state index is -0.174. The van der Waals surface area contributed by atoms with Gasteiger partial charge in [0.25, 0.3) is 0 Å². The third-order valence-electron chi connectivity index (χ3n) is 3.87. The number of carbonyl (C=O) groups excluding carboxylic acids is 2. The Labute approximate surface area is 122 Å². The van der Waals surface area contributed by atoms with E-state index in [2.05, 4.69) is 0 Å². The molecule has 0 fully saturated rings. The quantitative estimate of drug-likeness (QED) is 0.718. The van der Waals surface area contributed by atoms with Crippen LogP contribution >= 0.6 is 0 Å². The molecule has 4 nitrogen and oxygen atoms in total. The summed E-state index contributed by atoms with van der Waals surface area (Å²) in [6.07, 6.45) is 1.50. The van der Waals surface area contributed by atoms with Gasteiger partial charge in [-0.2, -0.15) is 0 Å². The van der Waals surface area contributed by atoms with E-state index in [1.165, 1.54) is 0 Å². The summed E-state index contributed by atoms with van der Waals surface area (Å²) in [6, 6.07) is 10.4. The van der Waals surface area contributed by atoms with Crippen molar-refractivity contribution < 1.29 is 9.59 Å². The van der Waals surface area contributed by atoms with Gasteiger partial charge in [-0.05, 0) is 31.0 Å². The van der Waals surface area contributed by atoms with E-state index in [1.807, 2.05) is 6.07 Å². The van der Waals surface area contributed by atoms with Gasteiger partial charge in [0.1, 0.15) is 0 Å². The highest BCUT2D eigenvalue weighted by atomic mass is 16.1. The zero-order valence-corrected chi connectivity index (χ0v) is 11.6. The topological polar surface area (TPSA) is 86.2 Å². The Balaban J connectivity index is 2.17. The first-order valence-corrected chi connectivity index (χ1v) is 6.95. The van der Waals surface area contributed by atoms with Gasteiger partial charge in [-0.25, -0.2) is 0 Å². The molecular weight excluding hydrogens is 264 g/mol. The number of hydrogen-bond acceptors (Lipinski definition) is 4. The SMILES string of the molecule is NCCCc1ccc2c(c1N)C(=O)c1ccccc1C2=O. The van der Waals surface area contributed by atoms with Gasteiger partial charge < -0.3 is 11.5 Å². The number of fused-ring (bicyclic) bond motifs is 2. The van der Waals surface area contributed by atoms with E-state index in [4.69, 9.17) is 11.5 Å². The number of ketones is 2. The van der Waals surface area contributed by atoms with Crippen LogP contribution in [0.4, 0.5) is 5.69 Å². The Hall–Kier alpha value is -2.46. The molecular formula is C17H16N2O2. The summed E-state index contributed by atoms with van der Waals surface area (Å²) in [7, 11) is 0. The van der Waals surface area contributed by atoms with Crippen molar-refractivity contribution in [3.05, 3.63) is 64.2 Å². The van der Waals surface area contributed by atoms with Crippen molar-refractivity contribution in [2.24, 2.45) is 5.73 Å². The summed E-state index contributed by atoms with van der Waals surface area (Å²) >= 11 is 0. The lowest BCUT2D eigenvalue weighted by Crippen LogP contribution is -2.23. The Morgan fingerprint density at radius 1 is 0.857 bits per heavy atom. The number of nitrogen functional groups attached to an aromatic ring is 1. The van der Waals surface area contributed by atoms with Crippen molar-refractivity contribution in [2.45, 2.75) is 12.8 Å². The zero-order chi connectivity index (χ0) is 15.0. The molecule has 0 spiro atoms. The van der Waals surface area contributed by atoms with Crippen LogP contribution < -0.4 is 11.5 Å². The molecule has 4 N–H and O–H groups in total. The number of nitrogens with two attached hydrogens (primary N) is 2. The summed E-state index contributed by atoms with van der Waals surface area (Å²) < 4.78 is 0. The predicted octanol–water partition coefficient (Wildman–Crippen LogP) is 1.94. The van der Waals surface area contributed by atoms with Crippen molar-refractivity contribution in [2.75, 3.05) is 12.3 Å². The summed E-state index contributed by atoms with van der Waals surface area (Å²) in [5.74, 6) is -0.315. The Morgan fingerprint density at radius 3 is 2.19 bits per heavy atom. The molecule has 2 aromatic carbocycles. The molecule has 106 valence electrons. The highest BCUT2D eigenvalue weighted by Gasteiger charge is 2.31. The van der Waals surface area contributed by atoms with Crippen LogP contribution in [0.25, 0.3) is 0 Å². The minimum absolute atomic E-state index is 0.141. The predicted molar refractivity (Wildman–Crippen MR) is 81.5 cm³/mol. The highest BCUT2D eigenvalue weighted by molar-refractivity contribution is 6.30. The number of benzene rings is 2. The monoisotopic (exact) mass is 280 g/mol. The molecule has 1 aliphatic rings. The number of carbonyl (C=O) groups is 2. The third kappa shape index (κ3) is 2.04. The molecule has 0 heterocycles. The molecule has 0 aromatic heterocycles. The molecule has 0 amide bonds. The first-order valence-electron chi connectivity index (χ1n) is 6.95. The first-order chi connectivity index (χ1) is 10.1. The van der Waals surface area contributed by atoms with Crippen LogP contribution in [0.5, 0.6) is 0 Å². The van der Waals surface area contributed by atoms with Crippen molar-refractivity contribution in [1.29, 1.82) is 0 Å². The fourth-order valence-corrected chi connectivity index (χ4v) is 2.77. The summed E-state index contributed by atoms with van der Waals surface area (Å²) in [4.78, 5) is 25.1. The lowest BCUT2D eigenvalue weighted by molar-refractivity contribution is 0.0979. The smallest absolute Gasteiger partial charge is 0.196 e. The zero-order valence-electron chi connectivity index (χ0n) is 11.6. The lowest BCUT2D eigenvalue weighted by atomic mass is 9.82.